The van der Waals surface area contributed by atoms with Crippen LogP contribution in [0.15, 0.2) is 26.4 Å². The average molecular weight is 359 g/mol. The molecule has 3 aliphatic heterocycles. The minimum atomic E-state index is -0.144. The van der Waals surface area contributed by atoms with E-state index in [2.05, 4.69) is 21.7 Å². The largest absolute Gasteiger partial charge is 0.441 e. The quantitative estimate of drug-likeness (QED) is 0.748. The fourth-order valence-electron chi connectivity index (χ4n) is 3.57. The summed E-state index contributed by atoms with van der Waals surface area (Å²) in [7, 11) is 0. The van der Waals surface area contributed by atoms with Crippen LogP contribution in [0, 0.1) is 5.92 Å². The van der Waals surface area contributed by atoms with E-state index in [-0.39, 0.29) is 5.91 Å². The summed E-state index contributed by atoms with van der Waals surface area (Å²) in [4.78, 5) is 21.7. The molecule has 0 radical (unpaired) electrons. The zero-order chi connectivity index (χ0) is 17.2. The van der Waals surface area contributed by atoms with Crippen molar-refractivity contribution in [3.63, 3.8) is 0 Å². The van der Waals surface area contributed by atoms with Crippen LogP contribution < -0.4 is 4.90 Å². The number of thioether (sulfide) groups is 1. The van der Waals surface area contributed by atoms with E-state index in [1.165, 1.54) is 43.9 Å². The number of rotatable bonds is 2. The standard InChI is InChI=1S/C19H25N3O2S/c1-14-7-11-22(12-8-14)19-20-18(23)16(25-19)13-15-5-6-17(24-15)21-9-3-2-4-10-21/h5-6,13-14H,2-4,7-12H2,1H3/b16-13-. The number of hydrogen-bond acceptors (Lipinski definition) is 5. The molecule has 4 rings (SSSR count). The topological polar surface area (TPSA) is 49.1 Å². The van der Waals surface area contributed by atoms with Crippen LogP contribution in [0.4, 0.5) is 5.88 Å². The second-order valence-corrected chi connectivity index (χ2v) is 8.21. The Balaban J connectivity index is 1.42. The van der Waals surface area contributed by atoms with Gasteiger partial charge in [-0.1, -0.05) is 6.92 Å². The summed E-state index contributed by atoms with van der Waals surface area (Å²) in [6, 6.07) is 3.96. The fourth-order valence-corrected chi connectivity index (χ4v) is 4.51. The first-order valence-electron chi connectivity index (χ1n) is 9.31. The summed E-state index contributed by atoms with van der Waals surface area (Å²) in [5.74, 6) is 2.27. The zero-order valence-corrected chi connectivity index (χ0v) is 15.6. The van der Waals surface area contributed by atoms with E-state index in [9.17, 15) is 4.79 Å². The molecule has 0 atom stereocenters. The second-order valence-electron chi connectivity index (χ2n) is 7.20. The van der Waals surface area contributed by atoms with Crippen molar-refractivity contribution in [1.82, 2.24) is 4.90 Å². The van der Waals surface area contributed by atoms with Crippen molar-refractivity contribution in [3.05, 3.63) is 22.8 Å². The highest BCUT2D eigenvalue weighted by Gasteiger charge is 2.28. The number of amidine groups is 1. The molecule has 6 heteroatoms. The minimum absolute atomic E-state index is 0.144. The average Bonchev–Trinajstić information content (AvgIpc) is 3.24. The van der Waals surface area contributed by atoms with Gasteiger partial charge in [0.05, 0.1) is 4.91 Å². The number of likely N-dealkylation sites (tertiary alicyclic amines) is 1. The van der Waals surface area contributed by atoms with Gasteiger partial charge in [0.1, 0.15) is 5.76 Å². The molecule has 0 spiro atoms. The number of hydrogen-bond donors (Lipinski definition) is 0. The van der Waals surface area contributed by atoms with Gasteiger partial charge in [-0.25, -0.2) is 0 Å². The number of furan rings is 1. The lowest BCUT2D eigenvalue weighted by atomic mass is 10.00. The maximum absolute atomic E-state index is 12.2. The number of carbonyl (C=O) groups is 1. The SMILES string of the molecule is CC1CCN(C2=NC(=O)/C(=C/c3ccc(N4CCCCC4)o3)S2)CC1. The highest BCUT2D eigenvalue weighted by Crippen LogP contribution is 2.33. The molecule has 3 aliphatic rings. The summed E-state index contributed by atoms with van der Waals surface area (Å²) >= 11 is 1.48. The van der Waals surface area contributed by atoms with Gasteiger partial charge in [0.15, 0.2) is 11.1 Å². The number of amides is 1. The van der Waals surface area contributed by atoms with Gasteiger partial charge in [-0.2, -0.15) is 4.99 Å². The van der Waals surface area contributed by atoms with Crippen LogP contribution in [0.3, 0.4) is 0 Å². The number of nitrogens with zero attached hydrogens (tertiary/aromatic N) is 3. The Kier molecular flexibility index (Phi) is 4.88. The van der Waals surface area contributed by atoms with Crippen molar-refractivity contribution in [3.8, 4) is 0 Å². The molecule has 0 N–H and O–H groups in total. The van der Waals surface area contributed by atoms with E-state index < -0.39 is 0 Å². The van der Waals surface area contributed by atoms with Gasteiger partial charge in [0.2, 0.25) is 0 Å². The molecule has 1 aromatic heterocycles. The van der Waals surface area contributed by atoms with E-state index in [4.69, 9.17) is 4.42 Å². The van der Waals surface area contributed by atoms with Gasteiger partial charge in [0, 0.05) is 38.3 Å². The number of piperidine rings is 2. The molecule has 0 bridgehead atoms. The van der Waals surface area contributed by atoms with Crippen molar-refractivity contribution in [2.24, 2.45) is 10.9 Å². The maximum Gasteiger partial charge on any atom is 0.286 e. The van der Waals surface area contributed by atoms with Crippen molar-refractivity contribution >= 4 is 34.8 Å². The van der Waals surface area contributed by atoms with Crippen LogP contribution in [-0.2, 0) is 4.79 Å². The Morgan fingerprint density at radius 1 is 1.12 bits per heavy atom. The number of anilines is 1. The molecule has 1 amide bonds. The van der Waals surface area contributed by atoms with Crippen LogP contribution in [-0.4, -0.2) is 42.2 Å². The predicted molar refractivity (Wildman–Crippen MR) is 103 cm³/mol. The van der Waals surface area contributed by atoms with E-state index in [0.29, 0.717) is 4.91 Å². The first-order chi connectivity index (χ1) is 12.2. The highest BCUT2D eigenvalue weighted by atomic mass is 32.2. The molecule has 0 unspecified atom stereocenters. The Bertz CT molecular complexity index is 695. The third kappa shape index (κ3) is 3.78. The molecule has 0 aliphatic carbocycles. The third-order valence-corrected chi connectivity index (χ3v) is 6.26. The van der Waals surface area contributed by atoms with Gasteiger partial charge in [-0.05, 0) is 55.9 Å². The lowest BCUT2D eigenvalue weighted by molar-refractivity contribution is -0.113. The Hall–Kier alpha value is -1.69. The Morgan fingerprint density at radius 2 is 1.88 bits per heavy atom. The Morgan fingerprint density at radius 3 is 2.64 bits per heavy atom. The lowest BCUT2D eigenvalue weighted by Gasteiger charge is -2.30. The molecule has 25 heavy (non-hydrogen) atoms. The molecule has 0 saturated carbocycles. The number of aliphatic imine (C=N–C) groups is 1. The van der Waals surface area contributed by atoms with Crippen LogP contribution in [0.5, 0.6) is 0 Å². The van der Waals surface area contributed by atoms with Gasteiger partial charge in [-0.3, -0.25) is 4.79 Å². The van der Waals surface area contributed by atoms with E-state index >= 15 is 0 Å². The highest BCUT2D eigenvalue weighted by molar-refractivity contribution is 8.18. The summed E-state index contributed by atoms with van der Waals surface area (Å²) in [6.07, 6.45) is 7.92. The van der Waals surface area contributed by atoms with Crippen LogP contribution in [0.25, 0.3) is 6.08 Å². The molecule has 2 saturated heterocycles. The molecule has 1 aromatic rings. The normalized spacial score (nSPS) is 24.3. The van der Waals surface area contributed by atoms with Crippen molar-refractivity contribution < 1.29 is 9.21 Å². The minimum Gasteiger partial charge on any atom is -0.441 e. The maximum atomic E-state index is 12.2. The van der Waals surface area contributed by atoms with Crippen LogP contribution >= 0.6 is 11.8 Å². The fraction of sp³-hybridized carbons (Fsp3) is 0.579. The summed E-state index contributed by atoms with van der Waals surface area (Å²) < 4.78 is 5.95. The van der Waals surface area contributed by atoms with E-state index in [0.717, 1.165) is 48.9 Å². The van der Waals surface area contributed by atoms with Gasteiger partial charge in [-0.15, -0.1) is 0 Å². The molecular formula is C19H25N3O2S. The second kappa shape index (κ2) is 7.28. The molecule has 0 aromatic carbocycles. The Labute approximate surface area is 153 Å². The zero-order valence-electron chi connectivity index (χ0n) is 14.7. The molecule has 134 valence electrons. The molecule has 2 fully saturated rings. The molecular weight excluding hydrogens is 334 g/mol. The molecule has 5 nitrogen and oxygen atoms in total. The first-order valence-corrected chi connectivity index (χ1v) is 10.1. The van der Waals surface area contributed by atoms with Crippen molar-refractivity contribution in [2.45, 2.75) is 39.0 Å². The smallest absolute Gasteiger partial charge is 0.286 e. The monoisotopic (exact) mass is 359 g/mol. The molecule has 4 heterocycles. The van der Waals surface area contributed by atoms with Gasteiger partial charge in [0.25, 0.3) is 5.91 Å². The lowest BCUT2D eigenvalue weighted by Crippen LogP contribution is -2.35. The van der Waals surface area contributed by atoms with Gasteiger partial charge < -0.3 is 14.2 Å². The third-order valence-electron chi connectivity index (χ3n) is 5.22. The number of carbonyl (C=O) groups excluding carboxylic acids is 1. The summed E-state index contributed by atoms with van der Waals surface area (Å²) in [5.41, 5.74) is 0. The van der Waals surface area contributed by atoms with E-state index in [1.54, 1.807) is 0 Å². The van der Waals surface area contributed by atoms with Crippen LogP contribution in [0.1, 0.15) is 44.8 Å². The first kappa shape index (κ1) is 16.8. The summed E-state index contributed by atoms with van der Waals surface area (Å²) in [5, 5.41) is 0.853. The summed E-state index contributed by atoms with van der Waals surface area (Å²) in [6.45, 7) is 6.38. The van der Waals surface area contributed by atoms with E-state index in [1.807, 2.05) is 18.2 Å². The van der Waals surface area contributed by atoms with Crippen LogP contribution in [0.2, 0.25) is 0 Å². The van der Waals surface area contributed by atoms with Gasteiger partial charge >= 0.3 is 0 Å². The predicted octanol–water partition coefficient (Wildman–Crippen LogP) is 3.97. The van der Waals surface area contributed by atoms with Crippen molar-refractivity contribution in [1.29, 1.82) is 0 Å². The van der Waals surface area contributed by atoms with Crippen molar-refractivity contribution in [2.75, 3.05) is 31.1 Å².